The highest BCUT2D eigenvalue weighted by atomic mass is 79.9. The Morgan fingerprint density at radius 2 is 1.96 bits per heavy atom. The fourth-order valence-electron chi connectivity index (χ4n) is 2.71. The summed E-state index contributed by atoms with van der Waals surface area (Å²) < 4.78 is 2.47. The number of aromatic nitrogens is 1. The number of benzene rings is 2. The summed E-state index contributed by atoms with van der Waals surface area (Å²) in [6, 6.07) is 14.1. The summed E-state index contributed by atoms with van der Waals surface area (Å²) in [6.07, 6.45) is 1.71. The van der Waals surface area contributed by atoms with Gasteiger partial charge in [-0.3, -0.25) is 4.79 Å². The first-order valence-corrected chi connectivity index (χ1v) is 8.34. The van der Waals surface area contributed by atoms with Crippen LogP contribution in [0.2, 0.25) is 0 Å². The number of nitrogens with zero attached hydrogens (tertiary/aromatic N) is 1. The maximum absolute atomic E-state index is 12.8. The van der Waals surface area contributed by atoms with Crippen LogP contribution in [0.4, 0.5) is 5.69 Å². The topological polar surface area (TPSA) is 71.3 Å². The van der Waals surface area contributed by atoms with Crippen LogP contribution in [0.25, 0.3) is 10.9 Å². The number of nitrogens with one attached hydrogen (secondary N) is 1. The van der Waals surface area contributed by atoms with Gasteiger partial charge in [-0.25, -0.2) is 4.79 Å². The van der Waals surface area contributed by atoms with Gasteiger partial charge >= 0.3 is 5.97 Å². The van der Waals surface area contributed by atoms with E-state index < -0.39 is 5.97 Å². The quantitative estimate of drug-likeness (QED) is 0.619. The number of anilines is 1. The van der Waals surface area contributed by atoms with Gasteiger partial charge < -0.3 is 15.0 Å². The average Bonchev–Trinajstić information content (AvgIpc) is 2.95. The van der Waals surface area contributed by atoms with Crippen molar-refractivity contribution in [2.75, 3.05) is 5.32 Å². The molecule has 0 bridgehead atoms. The summed E-state index contributed by atoms with van der Waals surface area (Å²) >= 11 is 3.24. The maximum atomic E-state index is 12.8. The molecule has 0 spiro atoms. The van der Waals surface area contributed by atoms with Crippen molar-refractivity contribution in [1.82, 2.24) is 4.57 Å². The lowest BCUT2D eigenvalue weighted by molar-refractivity contribution is 0.0698. The zero-order valence-corrected chi connectivity index (χ0v) is 14.8. The van der Waals surface area contributed by atoms with Gasteiger partial charge in [-0.2, -0.15) is 0 Å². The molecule has 0 aliphatic carbocycles. The molecule has 2 N–H and O–H groups in total. The van der Waals surface area contributed by atoms with Gasteiger partial charge in [0.05, 0.1) is 11.3 Å². The number of hydrogen-bond acceptors (Lipinski definition) is 2. The Labute approximate surface area is 152 Å². The van der Waals surface area contributed by atoms with Crippen LogP contribution in [0.5, 0.6) is 0 Å². The van der Waals surface area contributed by atoms with Crippen molar-refractivity contribution in [3.05, 3.63) is 76.9 Å². The van der Waals surface area contributed by atoms with Crippen molar-refractivity contribution in [1.29, 1.82) is 0 Å². The number of carboxylic acid groups (broad SMARTS) is 1. The number of carboxylic acids is 1. The molecule has 0 saturated heterocycles. The Kier molecular flexibility index (Phi) is 4.72. The highest BCUT2D eigenvalue weighted by molar-refractivity contribution is 9.10. The summed E-state index contributed by atoms with van der Waals surface area (Å²) in [5.41, 5.74) is 1.63. The molecule has 0 unspecified atom stereocenters. The molecule has 3 aromatic rings. The average molecular weight is 399 g/mol. The molecule has 0 atom stereocenters. The van der Waals surface area contributed by atoms with Gasteiger partial charge in [0.15, 0.2) is 0 Å². The van der Waals surface area contributed by atoms with Gasteiger partial charge in [-0.15, -0.1) is 6.58 Å². The molecule has 0 aliphatic heterocycles. The van der Waals surface area contributed by atoms with E-state index in [0.717, 1.165) is 10.9 Å². The Hall–Kier alpha value is -2.86. The summed E-state index contributed by atoms with van der Waals surface area (Å²) in [4.78, 5) is 24.2. The van der Waals surface area contributed by atoms with Gasteiger partial charge in [0.25, 0.3) is 5.91 Å². The first kappa shape index (κ1) is 17.0. The lowest BCUT2D eigenvalue weighted by atomic mass is 10.1. The molecule has 6 heteroatoms. The van der Waals surface area contributed by atoms with Crippen LogP contribution < -0.4 is 5.32 Å². The summed E-state index contributed by atoms with van der Waals surface area (Å²) in [7, 11) is 0. The molecule has 5 nitrogen and oxygen atoms in total. The predicted octanol–water partition coefficient (Wildman–Crippen LogP) is 4.54. The summed E-state index contributed by atoms with van der Waals surface area (Å²) in [5, 5.41) is 13.0. The van der Waals surface area contributed by atoms with E-state index in [1.165, 1.54) is 6.07 Å². The van der Waals surface area contributed by atoms with E-state index in [4.69, 9.17) is 0 Å². The molecule has 2 aromatic carbocycles. The molecule has 3 rings (SSSR count). The molecular formula is C19H15BrN2O3. The van der Waals surface area contributed by atoms with E-state index in [2.05, 4.69) is 27.8 Å². The Morgan fingerprint density at radius 1 is 1.20 bits per heavy atom. The Morgan fingerprint density at radius 3 is 2.68 bits per heavy atom. The molecular weight excluding hydrogens is 384 g/mol. The minimum atomic E-state index is -1.11. The van der Waals surface area contributed by atoms with Gasteiger partial charge in [0, 0.05) is 21.9 Å². The van der Waals surface area contributed by atoms with Gasteiger partial charge in [0.2, 0.25) is 0 Å². The van der Waals surface area contributed by atoms with Crippen LogP contribution in [0.15, 0.2) is 65.7 Å². The molecule has 1 aromatic heterocycles. The molecule has 126 valence electrons. The van der Waals surface area contributed by atoms with E-state index >= 15 is 0 Å². The van der Waals surface area contributed by atoms with Crippen molar-refractivity contribution in [2.45, 2.75) is 6.54 Å². The number of aromatic carboxylic acids is 1. The van der Waals surface area contributed by atoms with Gasteiger partial charge in [-0.05, 0) is 30.3 Å². The lowest BCUT2D eigenvalue weighted by Crippen LogP contribution is -2.18. The molecule has 25 heavy (non-hydrogen) atoms. The van der Waals surface area contributed by atoms with E-state index in [9.17, 15) is 14.7 Å². The van der Waals surface area contributed by atoms with Gasteiger partial charge in [0.1, 0.15) is 5.69 Å². The van der Waals surface area contributed by atoms with Crippen LogP contribution in [-0.4, -0.2) is 21.6 Å². The highest BCUT2D eigenvalue weighted by Crippen LogP contribution is 2.24. The second kappa shape index (κ2) is 6.94. The summed E-state index contributed by atoms with van der Waals surface area (Å²) in [6.45, 7) is 4.21. The number of fused-ring (bicyclic) bond motifs is 1. The van der Waals surface area contributed by atoms with Gasteiger partial charge in [-0.1, -0.05) is 40.2 Å². The minimum absolute atomic E-state index is 0.0223. The SMILES string of the molecule is C=CCn1c(C(=O)Nc2ccc(Br)cc2C(=O)O)cc2ccccc21. The molecule has 0 saturated carbocycles. The number of amides is 1. The monoisotopic (exact) mass is 398 g/mol. The minimum Gasteiger partial charge on any atom is -0.478 e. The highest BCUT2D eigenvalue weighted by Gasteiger charge is 2.18. The van der Waals surface area contributed by atoms with E-state index in [1.54, 1.807) is 24.3 Å². The molecule has 0 aliphatic rings. The van der Waals surface area contributed by atoms with Crippen LogP contribution in [0.1, 0.15) is 20.8 Å². The number of halogens is 1. The fraction of sp³-hybridized carbons (Fsp3) is 0.0526. The Balaban J connectivity index is 2.02. The smallest absolute Gasteiger partial charge is 0.337 e. The zero-order chi connectivity index (χ0) is 18.0. The van der Waals surface area contributed by atoms with Crippen molar-refractivity contribution in [3.8, 4) is 0 Å². The molecule has 1 heterocycles. The zero-order valence-electron chi connectivity index (χ0n) is 13.2. The maximum Gasteiger partial charge on any atom is 0.337 e. The third-order valence-corrected chi connectivity index (χ3v) is 4.31. The van der Waals surface area contributed by atoms with Crippen LogP contribution in [0.3, 0.4) is 0 Å². The predicted molar refractivity (Wildman–Crippen MR) is 101 cm³/mol. The molecule has 0 fully saturated rings. The number of para-hydroxylation sites is 1. The second-order valence-corrected chi connectivity index (χ2v) is 6.35. The largest absolute Gasteiger partial charge is 0.478 e. The van der Waals surface area contributed by atoms with Crippen molar-refractivity contribution in [2.24, 2.45) is 0 Å². The van der Waals surface area contributed by atoms with Crippen molar-refractivity contribution >= 4 is 44.4 Å². The number of rotatable bonds is 5. The van der Waals surface area contributed by atoms with E-state index in [-0.39, 0.29) is 17.2 Å². The first-order valence-electron chi connectivity index (χ1n) is 7.54. The van der Waals surface area contributed by atoms with Crippen LogP contribution in [-0.2, 0) is 6.54 Å². The fourth-order valence-corrected chi connectivity index (χ4v) is 3.07. The number of hydrogen-bond donors (Lipinski definition) is 2. The number of carbonyl (C=O) groups excluding carboxylic acids is 1. The normalized spacial score (nSPS) is 10.6. The second-order valence-electron chi connectivity index (χ2n) is 5.44. The Bertz CT molecular complexity index is 991. The third-order valence-electron chi connectivity index (χ3n) is 3.82. The van der Waals surface area contributed by atoms with Crippen LogP contribution in [0, 0.1) is 0 Å². The molecule has 0 radical (unpaired) electrons. The van der Waals surface area contributed by atoms with E-state index in [1.807, 2.05) is 28.8 Å². The summed E-state index contributed by atoms with van der Waals surface area (Å²) in [5.74, 6) is -1.48. The standard InChI is InChI=1S/C19H15BrN2O3/c1-2-9-22-16-6-4-3-5-12(16)10-17(22)18(23)21-15-8-7-13(20)11-14(15)19(24)25/h2-8,10-11H,1,9H2,(H,21,23)(H,24,25). The van der Waals surface area contributed by atoms with Crippen molar-refractivity contribution < 1.29 is 14.7 Å². The third kappa shape index (κ3) is 3.34. The first-order chi connectivity index (χ1) is 12.0. The van der Waals surface area contributed by atoms with Crippen LogP contribution >= 0.6 is 15.9 Å². The van der Waals surface area contributed by atoms with Crippen molar-refractivity contribution in [3.63, 3.8) is 0 Å². The number of allylic oxidation sites excluding steroid dienone is 1. The number of carbonyl (C=O) groups is 2. The lowest BCUT2D eigenvalue weighted by Gasteiger charge is -2.11. The molecule has 1 amide bonds. The van der Waals surface area contributed by atoms with E-state index in [0.29, 0.717) is 16.7 Å².